The summed E-state index contributed by atoms with van der Waals surface area (Å²) >= 11 is 0. The summed E-state index contributed by atoms with van der Waals surface area (Å²) in [7, 11) is 0. The number of rotatable bonds is 8. The largest absolute Gasteiger partial charge is 0.444 e. The van der Waals surface area contributed by atoms with Crippen LogP contribution in [0, 0.1) is 0 Å². The zero-order valence-corrected chi connectivity index (χ0v) is 29.5. The van der Waals surface area contributed by atoms with Crippen molar-refractivity contribution in [1.82, 2.24) is 24.8 Å². The van der Waals surface area contributed by atoms with Gasteiger partial charge in [-0.15, -0.1) is 0 Å². The molecule has 2 atom stereocenters. The second kappa shape index (κ2) is 13.8. The van der Waals surface area contributed by atoms with E-state index in [1.54, 1.807) is 50.1 Å². The second-order valence-electron chi connectivity index (χ2n) is 14.3. The number of hydrogen-bond donors (Lipinski definition) is 2. The van der Waals surface area contributed by atoms with Crippen molar-refractivity contribution in [3.8, 4) is 22.8 Å². The lowest BCUT2D eigenvalue weighted by Gasteiger charge is -2.30. The molecule has 260 valence electrons. The maximum absolute atomic E-state index is 13.4. The summed E-state index contributed by atoms with van der Waals surface area (Å²) in [5.74, 6) is 1.20. The van der Waals surface area contributed by atoms with Crippen molar-refractivity contribution in [2.45, 2.75) is 91.5 Å². The molecule has 12 nitrogen and oxygen atoms in total. The quantitative estimate of drug-likeness (QED) is 0.179. The van der Waals surface area contributed by atoms with E-state index in [0.717, 1.165) is 23.0 Å². The van der Waals surface area contributed by atoms with Gasteiger partial charge in [-0.3, -0.25) is 14.6 Å². The van der Waals surface area contributed by atoms with Crippen molar-refractivity contribution < 1.29 is 28.3 Å². The van der Waals surface area contributed by atoms with Crippen LogP contribution in [-0.2, 0) is 14.3 Å². The van der Waals surface area contributed by atoms with Crippen molar-refractivity contribution in [2.75, 3.05) is 18.4 Å². The van der Waals surface area contributed by atoms with Gasteiger partial charge in [0.1, 0.15) is 23.1 Å². The molecular formula is C37H46N6O6. The summed E-state index contributed by atoms with van der Waals surface area (Å²) in [5.41, 5.74) is 2.87. The number of carbonyl (C=O) groups is 3. The van der Waals surface area contributed by atoms with Gasteiger partial charge in [-0.05, 0) is 97.2 Å². The number of carbonyl (C=O) groups excluding carboxylic acids is 3. The molecule has 4 aromatic rings. The number of aromatic nitrogens is 3. The van der Waals surface area contributed by atoms with E-state index < -0.39 is 23.3 Å². The predicted octanol–water partition coefficient (Wildman–Crippen LogP) is 8.10. The summed E-state index contributed by atoms with van der Waals surface area (Å²) in [6.07, 6.45) is 2.00. The number of H-pyrrole nitrogens is 1. The Morgan fingerprint density at radius 3 is 2.51 bits per heavy atom. The summed E-state index contributed by atoms with van der Waals surface area (Å²) < 4.78 is 17.3. The van der Waals surface area contributed by atoms with Crippen LogP contribution in [0.15, 0.2) is 65.2 Å². The summed E-state index contributed by atoms with van der Waals surface area (Å²) in [6.45, 7) is 19.8. The number of oxazole rings is 1. The average molecular weight is 671 g/mol. The maximum Gasteiger partial charge on any atom is 0.411 e. The van der Waals surface area contributed by atoms with E-state index in [9.17, 15) is 14.4 Å². The first-order chi connectivity index (χ1) is 23.0. The first kappa shape index (κ1) is 35.2. The normalized spacial score (nSPS) is 15.7. The number of likely N-dealkylation sites (tertiary alicyclic amines) is 1. The third-order valence-electron chi connectivity index (χ3n) is 7.87. The Labute approximate surface area is 286 Å². The van der Waals surface area contributed by atoms with E-state index in [2.05, 4.69) is 21.9 Å². The third-order valence-corrected chi connectivity index (χ3v) is 7.87. The van der Waals surface area contributed by atoms with Gasteiger partial charge < -0.3 is 24.2 Å². The molecular weight excluding hydrogens is 624 g/mol. The number of fused-ring (bicyclic) bond motifs is 1. The van der Waals surface area contributed by atoms with Gasteiger partial charge in [0, 0.05) is 29.9 Å². The zero-order valence-electron chi connectivity index (χ0n) is 29.5. The van der Waals surface area contributed by atoms with Crippen LogP contribution >= 0.6 is 0 Å². The number of aromatic amines is 1. The number of nitrogens with one attached hydrogen (secondary N) is 2. The Morgan fingerprint density at radius 2 is 1.82 bits per heavy atom. The van der Waals surface area contributed by atoms with E-state index in [4.69, 9.17) is 18.9 Å². The van der Waals surface area contributed by atoms with Crippen LogP contribution in [0.1, 0.15) is 80.1 Å². The molecule has 0 saturated carbocycles. The van der Waals surface area contributed by atoms with Crippen LogP contribution in [0.5, 0.6) is 0 Å². The molecule has 1 fully saturated rings. The molecule has 2 aromatic heterocycles. The Morgan fingerprint density at radius 1 is 1.08 bits per heavy atom. The van der Waals surface area contributed by atoms with Gasteiger partial charge in [-0.25, -0.2) is 19.6 Å². The van der Waals surface area contributed by atoms with Gasteiger partial charge in [0.2, 0.25) is 5.89 Å². The van der Waals surface area contributed by atoms with E-state index in [1.807, 2.05) is 58.9 Å². The van der Waals surface area contributed by atoms with Crippen molar-refractivity contribution >= 4 is 34.8 Å². The lowest BCUT2D eigenvalue weighted by Crippen LogP contribution is -2.45. The number of nitrogens with zero attached hydrogens (tertiary/aromatic N) is 4. The lowest BCUT2D eigenvalue weighted by molar-refractivity contribution is -0.119. The molecule has 0 spiro atoms. The number of ether oxygens (including phenoxy) is 2. The molecule has 1 aliphatic heterocycles. The Bertz CT molecular complexity index is 1860. The van der Waals surface area contributed by atoms with Crippen molar-refractivity contribution in [3.63, 3.8) is 0 Å². The van der Waals surface area contributed by atoms with Crippen molar-refractivity contribution in [1.29, 1.82) is 0 Å². The fraction of sp³-hybridized carbons (Fsp3) is 0.432. The van der Waals surface area contributed by atoms with Crippen molar-refractivity contribution in [3.05, 3.63) is 66.6 Å². The van der Waals surface area contributed by atoms with Crippen LogP contribution < -0.4 is 5.32 Å². The molecule has 0 unspecified atom stereocenters. The number of anilines is 1. The standard InChI is InChI=1S/C37H46N6O6/c1-10-17-42(34(45)48-36(4,5)6)23(3)31-40-27-15-14-25(20-28(27)41-31)33-38-21-29(47-33)24-12-11-13-26(19-24)39-32(44)30-22(2)16-18-43(30)35(46)49-37(7,8)9/h11-15,19-21,23,30H,2,10,16-18H2,1,3-9H3,(H,39,44)(H,40,41)/t23-,30-/m0/s1. The molecule has 49 heavy (non-hydrogen) atoms. The predicted molar refractivity (Wildman–Crippen MR) is 188 cm³/mol. The molecule has 3 amide bonds. The highest BCUT2D eigenvalue weighted by Crippen LogP contribution is 2.31. The molecule has 12 heteroatoms. The molecule has 0 radical (unpaired) electrons. The highest BCUT2D eigenvalue weighted by molar-refractivity contribution is 5.99. The first-order valence-corrected chi connectivity index (χ1v) is 16.6. The molecule has 1 saturated heterocycles. The summed E-state index contributed by atoms with van der Waals surface area (Å²) in [6, 6.07) is 11.7. The monoisotopic (exact) mass is 670 g/mol. The highest BCUT2D eigenvalue weighted by Gasteiger charge is 2.39. The lowest BCUT2D eigenvalue weighted by atomic mass is 10.1. The fourth-order valence-electron chi connectivity index (χ4n) is 5.61. The fourth-order valence-corrected chi connectivity index (χ4v) is 5.61. The topological polar surface area (TPSA) is 143 Å². The molecule has 2 N–H and O–H groups in total. The number of amides is 3. The van der Waals surface area contributed by atoms with Crippen LogP contribution in [0.3, 0.4) is 0 Å². The first-order valence-electron chi connectivity index (χ1n) is 16.6. The zero-order chi connectivity index (χ0) is 35.7. The Balaban J connectivity index is 1.31. The van der Waals surface area contributed by atoms with Crippen LogP contribution in [0.2, 0.25) is 0 Å². The van der Waals surface area contributed by atoms with E-state index in [1.165, 1.54) is 4.90 Å². The average Bonchev–Trinajstić information content (AvgIpc) is 3.76. The van der Waals surface area contributed by atoms with E-state index in [-0.39, 0.29) is 18.0 Å². The van der Waals surface area contributed by atoms with Crippen molar-refractivity contribution in [2.24, 2.45) is 0 Å². The van der Waals surface area contributed by atoms with Gasteiger partial charge in [0.15, 0.2) is 5.76 Å². The molecule has 0 bridgehead atoms. The maximum atomic E-state index is 13.4. The van der Waals surface area contributed by atoms with Gasteiger partial charge in [-0.2, -0.15) is 0 Å². The highest BCUT2D eigenvalue weighted by atomic mass is 16.6. The summed E-state index contributed by atoms with van der Waals surface area (Å²) in [5, 5.41) is 2.92. The number of imidazole rings is 1. The third kappa shape index (κ3) is 8.30. The van der Waals surface area contributed by atoms with Gasteiger partial charge in [-0.1, -0.05) is 25.6 Å². The van der Waals surface area contributed by atoms with Crippen LogP contribution in [0.25, 0.3) is 33.8 Å². The minimum atomic E-state index is -0.830. The van der Waals surface area contributed by atoms with E-state index in [0.29, 0.717) is 53.8 Å². The molecule has 2 aromatic carbocycles. The SMILES string of the molecule is C=C1CCN(C(=O)OC(C)(C)C)[C@@H]1C(=O)Nc1cccc(-c2cnc(-c3ccc4nc([C@H](C)N(CCC)C(=O)OC(C)(C)C)[nH]c4c3)o2)c1. The molecule has 5 rings (SSSR count). The molecule has 1 aliphatic rings. The smallest absolute Gasteiger partial charge is 0.411 e. The Hall–Kier alpha value is -5.13. The number of hydrogen-bond acceptors (Lipinski definition) is 8. The van der Waals surface area contributed by atoms with E-state index >= 15 is 0 Å². The van der Waals surface area contributed by atoms with Gasteiger partial charge in [0.05, 0.1) is 23.3 Å². The van der Waals surface area contributed by atoms with Gasteiger partial charge in [0.25, 0.3) is 5.91 Å². The number of benzene rings is 2. The van der Waals surface area contributed by atoms with Crippen LogP contribution in [-0.4, -0.2) is 73.2 Å². The minimum absolute atomic E-state index is 0.334. The second-order valence-corrected chi connectivity index (χ2v) is 14.3. The molecule has 0 aliphatic carbocycles. The minimum Gasteiger partial charge on any atom is -0.444 e. The molecule has 3 heterocycles. The summed E-state index contributed by atoms with van der Waals surface area (Å²) in [4.78, 5) is 54.8. The van der Waals surface area contributed by atoms with Crippen LogP contribution in [0.4, 0.5) is 15.3 Å². The Kier molecular flexibility index (Phi) is 9.89. The van der Waals surface area contributed by atoms with Gasteiger partial charge >= 0.3 is 12.2 Å².